The first kappa shape index (κ1) is 20.1. The number of hydrogen-bond donors (Lipinski definition) is 2. The van der Waals surface area contributed by atoms with E-state index in [1.807, 2.05) is 0 Å². The molecule has 0 bridgehead atoms. The zero-order chi connectivity index (χ0) is 18.0. The van der Waals surface area contributed by atoms with Crippen LogP contribution in [-0.4, -0.2) is 60.4 Å². The first-order valence-corrected chi connectivity index (χ1v) is 8.30. The van der Waals surface area contributed by atoms with Crippen LogP contribution in [0.15, 0.2) is 24.3 Å². The van der Waals surface area contributed by atoms with Crippen LogP contribution in [0.25, 0.3) is 0 Å². The lowest BCUT2D eigenvalue weighted by molar-refractivity contribution is -0.138. The highest BCUT2D eigenvalue weighted by molar-refractivity contribution is 6.09. The van der Waals surface area contributed by atoms with E-state index in [4.69, 9.17) is 0 Å². The average molecular weight is 385 g/mol. The van der Waals surface area contributed by atoms with Gasteiger partial charge in [-0.25, -0.2) is 9.18 Å². The van der Waals surface area contributed by atoms with Crippen LogP contribution < -0.4 is 10.6 Å². The van der Waals surface area contributed by atoms with Crippen molar-refractivity contribution in [3.05, 3.63) is 35.6 Å². The highest BCUT2D eigenvalue weighted by Gasteiger charge is 2.49. The van der Waals surface area contributed by atoms with Gasteiger partial charge in [0.15, 0.2) is 0 Å². The van der Waals surface area contributed by atoms with Crippen LogP contribution in [-0.2, 0) is 15.1 Å². The number of carbonyl (C=O) groups is 3. The molecule has 2 fully saturated rings. The van der Waals surface area contributed by atoms with Crippen molar-refractivity contribution in [2.24, 2.45) is 0 Å². The molecule has 3 rings (SSSR count). The quantitative estimate of drug-likeness (QED) is 0.756. The molecule has 1 unspecified atom stereocenters. The summed E-state index contributed by atoms with van der Waals surface area (Å²) in [7, 11) is 0. The summed E-state index contributed by atoms with van der Waals surface area (Å²) < 4.78 is 13.1. The second kappa shape index (κ2) is 8.01. The number of carbonyl (C=O) groups excluding carboxylic acids is 3. The molecular weight excluding hydrogens is 363 g/mol. The Labute approximate surface area is 157 Å². The van der Waals surface area contributed by atoms with E-state index < -0.39 is 23.3 Å². The van der Waals surface area contributed by atoms with E-state index in [0.29, 0.717) is 25.2 Å². The van der Waals surface area contributed by atoms with Crippen molar-refractivity contribution in [3.8, 4) is 0 Å². The predicted molar refractivity (Wildman–Crippen MR) is 95.3 cm³/mol. The molecule has 0 spiro atoms. The monoisotopic (exact) mass is 384 g/mol. The Morgan fingerprint density at radius 3 is 2.58 bits per heavy atom. The summed E-state index contributed by atoms with van der Waals surface area (Å²) in [6.07, 6.45) is 0.833. The minimum atomic E-state index is -1.30. The van der Waals surface area contributed by atoms with Crippen molar-refractivity contribution in [2.75, 3.05) is 32.7 Å². The van der Waals surface area contributed by atoms with E-state index in [2.05, 4.69) is 10.6 Å². The maximum atomic E-state index is 13.1. The summed E-state index contributed by atoms with van der Waals surface area (Å²) >= 11 is 0. The Morgan fingerprint density at radius 2 is 1.88 bits per heavy atom. The molecule has 2 N–H and O–H groups in total. The topological polar surface area (TPSA) is 81.8 Å². The second-order valence-electron chi connectivity index (χ2n) is 6.44. The van der Waals surface area contributed by atoms with Crippen LogP contribution in [0.3, 0.4) is 0 Å². The number of halogens is 2. The number of nitrogens with one attached hydrogen (secondary N) is 2. The Morgan fingerprint density at radius 1 is 1.19 bits per heavy atom. The van der Waals surface area contributed by atoms with Gasteiger partial charge in [0, 0.05) is 19.6 Å². The number of urea groups is 1. The van der Waals surface area contributed by atoms with Gasteiger partial charge in [-0.2, -0.15) is 0 Å². The van der Waals surface area contributed by atoms with Crippen molar-refractivity contribution in [2.45, 2.75) is 18.9 Å². The Kier molecular flexibility index (Phi) is 6.20. The van der Waals surface area contributed by atoms with Gasteiger partial charge >= 0.3 is 6.03 Å². The standard InChI is InChI=1S/C17H21FN4O3.ClH/c1-17(12-3-5-13(18)6-4-12)15(24)22(16(25)20-17)11-14(23)21-9-2-7-19-8-10-21;/h3-6,19H,2,7-11H2,1H3,(H,20,25);1H. The summed E-state index contributed by atoms with van der Waals surface area (Å²) in [5, 5.41) is 5.82. The van der Waals surface area contributed by atoms with Gasteiger partial charge in [0.2, 0.25) is 5.91 Å². The Balaban J connectivity index is 0.00000243. The van der Waals surface area contributed by atoms with Gasteiger partial charge in [-0.3, -0.25) is 14.5 Å². The van der Waals surface area contributed by atoms with Crippen LogP contribution in [0.1, 0.15) is 18.9 Å². The van der Waals surface area contributed by atoms with Crippen LogP contribution in [0, 0.1) is 5.82 Å². The summed E-state index contributed by atoms with van der Waals surface area (Å²) in [5.74, 6) is -1.19. The minimum Gasteiger partial charge on any atom is -0.340 e. The molecule has 2 aliphatic heterocycles. The molecule has 2 aliphatic rings. The zero-order valence-electron chi connectivity index (χ0n) is 14.5. The maximum absolute atomic E-state index is 13.1. The lowest BCUT2D eigenvalue weighted by Gasteiger charge is -2.24. The Hall–Kier alpha value is -2.19. The third-order valence-corrected chi connectivity index (χ3v) is 4.68. The van der Waals surface area contributed by atoms with Crippen LogP contribution in [0.2, 0.25) is 0 Å². The molecule has 0 aromatic heterocycles. The Bertz CT molecular complexity index is 692. The SMILES string of the molecule is CC1(c2ccc(F)cc2)NC(=O)N(CC(=O)N2CCCNCC2)C1=O.Cl. The highest BCUT2D eigenvalue weighted by atomic mass is 35.5. The van der Waals surface area contributed by atoms with Crippen molar-refractivity contribution in [1.29, 1.82) is 0 Å². The molecular formula is C17H22ClFN4O3. The third kappa shape index (κ3) is 3.81. The van der Waals surface area contributed by atoms with Gasteiger partial charge in [-0.1, -0.05) is 12.1 Å². The zero-order valence-corrected chi connectivity index (χ0v) is 15.3. The normalized spacial score (nSPS) is 23.3. The summed E-state index contributed by atoms with van der Waals surface area (Å²) in [5.41, 5.74) is -0.827. The van der Waals surface area contributed by atoms with Crippen molar-refractivity contribution in [1.82, 2.24) is 20.4 Å². The lowest BCUT2D eigenvalue weighted by Crippen LogP contribution is -2.45. The minimum absolute atomic E-state index is 0. The molecule has 9 heteroatoms. The van der Waals surface area contributed by atoms with Crippen molar-refractivity contribution in [3.63, 3.8) is 0 Å². The van der Waals surface area contributed by atoms with E-state index in [1.165, 1.54) is 24.3 Å². The van der Waals surface area contributed by atoms with E-state index in [1.54, 1.807) is 11.8 Å². The number of benzene rings is 1. The number of imide groups is 1. The van der Waals surface area contributed by atoms with Crippen LogP contribution in [0.5, 0.6) is 0 Å². The molecule has 0 aliphatic carbocycles. The maximum Gasteiger partial charge on any atom is 0.325 e. The fraction of sp³-hybridized carbons (Fsp3) is 0.471. The predicted octanol–water partition coefficient (Wildman–Crippen LogP) is 0.836. The molecule has 2 saturated heterocycles. The van der Waals surface area contributed by atoms with Gasteiger partial charge in [0.05, 0.1) is 0 Å². The van der Waals surface area contributed by atoms with E-state index >= 15 is 0 Å². The first-order chi connectivity index (χ1) is 11.9. The molecule has 26 heavy (non-hydrogen) atoms. The fourth-order valence-corrected chi connectivity index (χ4v) is 3.15. The highest BCUT2D eigenvalue weighted by Crippen LogP contribution is 2.28. The van der Waals surface area contributed by atoms with Crippen LogP contribution in [0.4, 0.5) is 9.18 Å². The van der Waals surface area contributed by atoms with Crippen LogP contribution >= 0.6 is 12.4 Å². The summed E-state index contributed by atoms with van der Waals surface area (Å²) in [6.45, 7) is 3.96. The number of amides is 4. The molecule has 7 nitrogen and oxygen atoms in total. The first-order valence-electron chi connectivity index (χ1n) is 8.30. The number of rotatable bonds is 3. The largest absolute Gasteiger partial charge is 0.340 e. The van der Waals surface area contributed by atoms with Crippen molar-refractivity contribution < 1.29 is 18.8 Å². The van der Waals surface area contributed by atoms with E-state index in [0.717, 1.165) is 17.9 Å². The van der Waals surface area contributed by atoms with E-state index in [9.17, 15) is 18.8 Å². The molecule has 0 radical (unpaired) electrons. The van der Waals surface area contributed by atoms with E-state index in [-0.39, 0.29) is 24.9 Å². The third-order valence-electron chi connectivity index (χ3n) is 4.68. The summed E-state index contributed by atoms with van der Waals surface area (Å²) in [6, 6.07) is 4.77. The smallest absolute Gasteiger partial charge is 0.325 e. The fourth-order valence-electron chi connectivity index (χ4n) is 3.15. The number of nitrogens with zero attached hydrogens (tertiary/aromatic N) is 2. The van der Waals surface area contributed by atoms with Gasteiger partial charge < -0.3 is 15.5 Å². The number of hydrogen-bond acceptors (Lipinski definition) is 4. The molecule has 0 saturated carbocycles. The molecule has 4 amide bonds. The van der Waals surface area contributed by atoms with Gasteiger partial charge in [0.1, 0.15) is 17.9 Å². The molecule has 1 aromatic carbocycles. The second-order valence-corrected chi connectivity index (χ2v) is 6.44. The molecule has 2 heterocycles. The molecule has 142 valence electrons. The van der Waals surface area contributed by atoms with Gasteiger partial charge in [-0.15, -0.1) is 12.4 Å². The van der Waals surface area contributed by atoms with Gasteiger partial charge in [-0.05, 0) is 37.6 Å². The molecule has 1 aromatic rings. The van der Waals surface area contributed by atoms with Gasteiger partial charge in [0.25, 0.3) is 5.91 Å². The van der Waals surface area contributed by atoms with Crippen molar-refractivity contribution >= 4 is 30.3 Å². The summed E-state index contributed by atoms with van der Waals surface area (Å²) in [4.78, 5) is 40.1. The molecule has 1 atom stereocenters. The average Bonchev–Trinajstić information content (AvgIpc) is 2.81. The lowest BCUT2D eigenvalue weighted by atomic mass is 9.92.